The van der Waals surface area contributed by atoms with Crippen LogP contribution in [-0.4, -0.2) is 31.1 Å². The van der Waals surface area contributed by atoms with Gasteiger partial charge in [-0.3, -0.25) is 4.90 Å². The average molecular weight is 363 g/mol. The summed E-state index contributed by atoms with van der Waals surface area (Å²) in [6, 6.07) is 3.91. The van der Waals surface area contributed by atoms with Gasteiger partial charge in [0.25, 0.3) is 0 Å². The van der Waals surface area contributed by atoms with Crippen molar-refractivity contribution in [3.8, 4) is 0 Å². The molecule has 1 aliphatic rings. The van der Waals surface area contributed by atoms with Gasteiger partial charge in [-0.15, -0.1) is 0 Å². The topological polar surface area (TPSA) is 28.4 Å². The van der Waals surface area contributed by atoms with Crippen LogP contribution in [-0.2, 0) is 6.18 Å². The zero-order valence-electron chi connectivity index (χ0n) is 12.5. The van der Waals surface area contributed by atoms with Gasteiger partial charge in [-0.2, -0.15) is 13.2 Å². The molecule has 1 aromatic carbocycles. The molecule has 1 aromatic heterocycles. The van der Waals surface area contributed by atoms with Crippen LogP contribution in [0.4, 0.5) is 17.6 Å². The molecule has 8 heteroatoms. The Balaban J connectivity index is 2.12. The normalized spacial score (nSPS) is 17.9. The van der Waals surface area contributed by atoms with E-state index in [-0.39, 0.29) is 5.56 Å². The van der Waals surface area contributed by atoms with Gasteiger partial charge in [0, 0.05) is 31.7 Å². The highest BCUT2D eigenvalue weighted by atomic mass is 35.5. The highest BCUT2D eigenvalue weighted by Crippen LogP contribution is 2.38. The van der Waals surface area contributed by atoms with Crippen molar-refractivity contribution in [2.24, 2.45) is 0 Å². The van der Waals surface area contributed by atoms with Crippen molar-refractivity contribution in [2.75, 3.05) is 26.2 Å². The van der Waals surface area contributed by atoms with E-state index in [0.717, 1.165) is 6.07 Å². The summed E-state index contributed by atoms with van der Waals surface area (Å²) in [5.74, 6) is -0.476. The van der Waals surface area contributed by atoms with Crippen molar-refractivity contribution in [3.05, 3.63) is 58.3 Å². The molecule has 0 spiro atoms. The van der Waals surface area contributed by atoms with E-state index in [4.69, 9.17) is 16.0 Å². The number of piperazine rings is 1. The van der Waals surface area contributed by atoms with Gasteiger partial charge in [-0.25, -0.2) is 4.39 Å². The number of hydrogen-bond acceptors (Lipinski definition) is 3. The van der Waals surface area contributed by atoms with E-state index in [1.165, 1.54) is 6.26 Å². The van der Waals surface area contributed by atoms with E-state index in [1.807, 2.05) is 4.90 Å². The van der Waals surface area contributed by atoms with E-state index in [0.29, 0.717) is 38.0 Å². The SMILES string of the molecule is Fc1c(Cl)cc(C(F)(F)F)cc1[C@H](c1ccco1)N1CCNCC1. The Morgan fingerprint density at radius 2 is 1.92 bits per heavy atom. The highest BCUT2D eigenvalue weighted by Gasteiger charge is 2.35. The maximum Gasteiger partial charge on any atom is 0.416 e. The number of nitrogens with zero attached hydrogens (tertiary/aromatic N) is 1. The summed E-state index contributed by atoms with van der Waals surface area (Å²) in [5, 5.41) is 2.61. The number of furan rings is 1. The first kappa shape index (κ1) is 17.3. The quantitative estimate of drug-likeness (QED) is 0.834. The second-order valence-electron chi connectivity index (χ2n) is 5.56. The molecule has 1 aliphatic heterocycles. The Bertz CT molecular complexity index is 697. The average Bonchev–Trinajstić information content (AvgIpc) is 3.05. The summed E-state index contributed by atoms with van der Waals surface area (Å²) in [5.41, 5.74) is -1.11. The lowest BCUT2D eigenvalue weighted by Crippen LogP contribution is -2.45. The highest BCUT2D eigenvalue weighted by molar-refractivity contribution is 6.30. The van der Waals surface area contributed by atoms with Crippen molar-refractivity contribution in [2.45, 2.75) is 12.2 Å². The Kier molecular flexibility index (Phi) is 4.85. The molecule has 130 valence electrons. The maximum absolute atomic E-state index is 14.6. The molecule has 1 N–H and O–H groups in total. The minimum Gasteiger partial charge on any atom is -0.467 e. The van der Waals surface area contributed by atoms with Crippen LogP contribution in [0.3, 0.4) is 0 Å². The fraction of sp³-hybridized carbons (Fsp3) is 0.375. The van der Waals surface area contributed by atoms with Crippen molar-refractivity contribution in [3.63, 3.8) is 0 Å². The standard InChI is InChI=1S/C16H15ClF4N2O/c17-12-9-10(16(19,20)21)8-11(14(12)18)15(13-2-1-7-24-13)23-5-3-22-4-6-23/h1-2,7-9,15,22H,3-6H2/t15-/m1/s1. The third-order valence-corrected chi connectivity index (χ3v) is 4.28. The molecule has 3 nitrogen and oxygen atoms in total. The lowest BCUT2D eigenvalue weighted by atomic mass is 9.98. The van der Waals surface area contributed by atoms with E-state index < -0.39 is 28.6 Å². The Morgan fingerprint density at radius 1 is 1.21 bits per heavy atom. The van der Waals surface area contributed by atoms with Gasteiger partial charge >= 0.3 is 6.18 Å². The Labute approximate surface area is 141 Å². The minimum absolute atomic E-state index is 0.133. The molecule has 1 atom stereocenters. The van der Waals surface area contributed by atoms with Crippen molar-refractivity contribution in [1.82, 2.24) is 10.2 Å². The molecule has 0 radical (unpaired) electrons. The molecule has 24 heavy (non-hydrogen) atoms. The number of hydrogen-bond donors (Lipinski definition) is 1. The van der Waals surface area contributed by atoms with E-state index in [1.54, 1.807) is 12.1 Å². The summed E-state index contributed by atoms with van der Waals surface area (Å²) in [6.45, 7) is 2.42. The smallest absolute Gasteiger partial charge is 0.416 e. The second kappa shape index (κ2) is 6.74. The van der Waals surface area contributed by atoms with Crippen LogP contribution in [0, 0.1) is 5.82 Å². The van der Waals surface area contributed by atoms with E-state index in [2.05, 4.69) is 5.32 Å². The molecular formula is C16H15ClF4N2O. The molecule has 0 amide bonds. The number of rotatable bonds is 3. The molecular weight excluding hydrogens is 348 g/mol. The molecule has 0 saturated carbocycles. The van der Waals surface area contributed by atoms with Crippen molar-refractivity contribution < 1.29 is 22.0 Å². The lowest BCUT2D eigenvalue weighted by molar-refractivity contribution is -0.137. The van der Waals surface area contributed by atoms with Crippen LogP contribution < -0.4 is 5.32 Å². The fourth-order valence-corrected chi connectivity index (χ4v) is 3.12. The first-order chi connectivity index (χ1) is 11.4. The molecule has 2 aromatic rings. The summed E-state index contributed by atoms with van der Waals surface area (Å²) >= 11 is 5.73. The predicted molar refractivity (Wildman–Crippen MR) is 81.4 cm³/mol. The van der Waals surface area contributed by atoms with Gasteiger partial charge in [0.15, 0.2) is 0 Å². The van der Waals surface area contributed by atoms with Gasteiger partial charge in [0.1, 0.15) is 11.6 Å². The third-order valence-electron chi connectivity index (χ3n) is 4.01. The van der Waals surface area contributed by atoms with Crippen LogP contribution in [0.25, 0.3) is 0 Å². The Hall–Kier alpha value is -1.57. The molecule has 0 unspecified atom stereocenters. The summed E-state index contributed by atoms with van der Waals surface area (Å²) in [4.78, 5) is 1.88. The number of alkyl halides is 3. The second-order valence-corrected chi connectivity index (χ2v) is 5.97. The minimum atomic E-state index is -4.61. The van der Waals surface area contributed by atoms with E-state index >= 15 is 0 Å². The molecule has 3 rings (SSSR count). The van der Waals surface area contributed by atoms with Gasteiger partial charge in [0.2, 0.25) is 0 Å². The number of nitrogens with one attached hydrogen (secondary N) is 1. The van der Waals surface area contributed by atoms with Gasteiger partial charge in [-0.1, -0.05) is 11.6 Å². The van der Waals surface area contributed by atoms with Crippen LogP contribution in [0.5, 0.6) is 0 Å². The van der Waals surface area contributed by atoms with Crippen molar-refractivity contribution >= 4 is 11.6 Å². The molecule has 1 saturated heterocycles. The predicted octanol–water partition coefficient (Wildman–Crippen LogP) is 4.09. The summed E-state index contributed by atoms with van der Waals surface area (Å²) in [7, 11) is 0. The summed E-state index contributed by atoms with van der Waals surface area (Å²) in [6.07, 6.45) is -3.19. The van der Waals surface area contributed by atoms with Crippen LogP contribution in [0.2, 0.25) is 5.02 Å². The Morgan fingerprint density at radius 3 is 2.50 bits per heavy atom. The van der Waals surface area contributed by atoms with Crippen molar-refractivity contribution in [1.29, 1.82) is 0 Å². The van der Waals surface area contributed by atoms with E-state index in [9.17, 15) is 17.6 Å². The summed E-state index contributed by atoms with van der Waals surface area (Å²) < 4.78 is 59.3. The largest absolute Gasteiger partial charge is 0.467 e. The molecule has 0 bridgehead atoms. The monoisotopic (exact) mass is 362 g/mol. The first-order valence-corrected chi connectivity index (χ1v) is 7.80. The molecule has 2 heterocycles. The third kappa shape index (κ3) is 3.43. The molecule has 1 fully saturated rings. The van der Waals surface area contributed by atoms with Crippen LogP contribution in [0.15, 0.2) is 34.9 Å². The van der Waals surface area contributed by atoms with Crippen LogP contribution >= 0.6 is 11.6 Å². The van der Waals surface area contributed by atoms with Gasteiger partial charge in [-0.05, 0) is 24.3 Å². The first-order valence-electron chi connectivity index (χ1n) is 7.42. The number of halogens is 5. The maximum atomic E-state index is 14.6. The molecule has 0 aliphatic carbocycles. The van der Waals surface area contributed by atoms with Crippen LogP contribution in [0.1, 0.15) is 22.9 Å². The lowest BCUT2D eigenvalue weighted by Gasteiger charge is -2.34. The zero-order valence-corrected chi connectivity index (χ0v) is 13.3. The zero-order chi connectivity index (χ0) is 17.3. The van der Waals surface area contributed by atoms with Gasteiger partial charge in [0.05, 0.1) is 22.9 Å². The fourth-order valence-electron chi connectivity index (χ4n) is 2.89. The number of benzene rings is 1. The van der Waals surface area contributed by atoms with Gasteiger partial charge < -0.3 is 9.73 Å².